The molecule has 1 aromatic rings. The number of amides is 1. The minimum atomic E-state index is -0.354. The Morgan fingerprint density at radius 2 is 2.16 bits per heavy atom. The fraction of sp³-hybridized carbons (Fsp3) is 0.533. The predicted octanol–water partition coefficient (Wildman–Crippen LogP) is 3.04. The number of benzene rings is 1. The monoisotopic (exact) mass is 280 g/mol. The fourth-order valence-corrected chi connectivity index (χ4v) is 2.98. The highest BCUT2D eigenvalue weighted by molar-refractivity contribution is 6.30. The molecular formula is C15H21ClN2O. The van der Waals surface area contributed by atoms with Gasteiger partial charge >= 0.3 is 0 Å². The third kappa shape index (κ3) is 3.10. The number of nitrogens with one attached hydrogen (secondary N) is 1. The van der Waals surface area contributed by atoms with Crippen LogP contribution in [0, 0.1) is 5.41 Å². The van der Waals surface area contributed by atoms with Crippen LogP contribution in [-0.2, 0) is 4.79 Å². The zero-order chi connectivity index (χ0) is 13.9. The molecule has 4 heteroatoms. The number of hydrogen-bond donors (Lipinski definition) is 2. The van der Waals surface area contributed by atoms with Crippen molar-refractivity contribution in [2.24, 2.45) is 11.1 Å². The van der Waals surface area contributed by atoms with Gasteiger partial charge in [0.1, 0.15) is 0 Å². The molecule has 0 spiro atoms. The van der Waals surface area contributed by atoms with Crippen LogP contribution in [0.15, 0.2) is 24.3 Å². The SMILES string of the molecule is CC(NC(=O)C1(CN)CCCC1)c1cccc(Cl)c1. The van der Waals surface area contributed by atoms with Crippen molar-refractivity contribution in [3.8, 4) is 0 Å². The Morgan fingerprint density at radius 1 is 1.47 bits per heavy atom. The molecule has 1 aliphatic carbocycles. The first kappa shape index (κ1) is 14.4. The van der Waals surface area contributed by atoms with Crippen LogP contribution in [0.25, 0.3) is 0 Å². The number of nitrogens with two attached hydrogens (primary N) is 1. The van der Waals surface area contributed by atoms with Crippen LogP contribution in [0.2, 0.25) is 5.02 Å². The van der Waals surface area contributed by atoms with Gasteiger partial charge in [0, 0.05) is 11.6 Å². The lowest BCUT2D eigenvalue weighted by atomic mass is 9.85. The van der Waals surface area contributed by atoms with E-state index in [1.165, 1.54) is 0 Å². The number of rotatable bonds is 4. The van der Waals surface area contributed by atoms with Crippen LogP contribution in [0.1, 0.15) is 44.2 Å². The van der Waals surface area contributed by atoms with E-state index in [2.05, 4.69) is 5.32 Å². The van der Waals surface area contributed by atoms with E-state index in [1.54, 1.807) is 0 Å². The van der Waals surface area contributed by atoms with Crippen molar-refractivity contribution in [1.29, 1.82) is 0 Å². The van der Waals surface area contributed by atoms with E-state index in [4.69, 9.17) is 17.3 Å². The first-order chi connectivity index (χ1) is 9.07. The molecule has 1 aromatic carbocycles. The van der Waals surface area contributed by atoms with Crippen molar-refractivity contribution in [2.45, 2.75) is 38.6 Å². The zero-order valence-electron chi connectivity index (χ0n) is 11.3. The van der Waals surface area contributed by atoms with Gasteiger partial charge in [0.2, 0.25) is 5.91 Å². The van der Waals surface area contributed by atoms with Gasteiger partial charge in [-0.25, -0.2) is 0 Å². The summed E-state index contributed by atoms with van der Waals surface area (Å²) in [6, 6.07) is 7.54. The molecule has 104 valence electrons. The average Bonchev–Trinajstić information content (AvgIpc) is 2.88. The van der Waals surface area contributed by atoms with E-state index < -0.39 is 0 Å². The standard InChI is InChI=1S/C15H21ClN2O/c1-11(12-5-4-6-13(16)9-12)18-14(19)15(10-17)7-2-3-8-15/h4-6,9,11H,2-3,7-8,10,17H2,1H3,(H,18,19). The van der Waals surface area contributed by atoms with Gasteiger partial charge in [-0.15, -0.1) is 0 Å². The molecule has 3 nitrogen and oxygen atoms in total. The lowest BCUT2D eigenvalue weighted by Crippen LogP contribution is -2.44. The Hall–Kier alpha value is -1.06. The second-order valence-corrected chi connectivity index (χ2v) is 5.88. The van der Waals surface area contributed by atoms with Crippen LogP contribution < -0.4 is 11.1 Å². The molecule has 1 unspecified atom stereocenters. The van der Waals surface area contributed by atoms with E-state index in [0.29, 0.717) is 11.6 Å². The molecule has 0 heterocycles. The summed E-state index contributed by atoms with van der Waals surface area (Å²) in [7, 11) is 0. The van der Waals surface area contributed by atoms with E-state index in [0.717, 1.165) is 31.2 Å². The van der Waals surface area contributed by atoms with Gasteiger partial charge in [-0.2, -0.15) is 0 Å². The van der Waals surface area contributed by atoms with Crippen molar-refractivity contribution in [2.75, 3.05) is 6.54 Å². The maximum atomic E-state index is 12.4. The summed E-state index contributed by atoms with van der Waals surface area (Å²) in [4.78, 5) is 12.4. The van der Waals surface area contributed by atoms with Gasteiger partial charge in [-0.1, -0.05) is 36.6 Å². The smallest absolute Gasteiger partial charge is 0.227 e. The molecule has 0 bridgehead atoms. The number of carbonyl (C=O) groups is 1. The Labute approximate surface area is 119 Å². The summed E-state index contributed by atoms with van der Waals surface area (Å²) in [5.41, 5.74) is 6.49. The average molecular weight is 281 g/mol. The van der Waals surface area contributed by atoms with E-state index in [-0.39, 0.29) is 17.4 Å². The van der Waals surface area contributed by atoms with Crippen LogP contribution in [0.5, 0.6) is 0 Å². The van der Waals surface area contributed by atoms with Crippen LogP contribution in [0.3, 0.4) is 0 Å². The highest BCUT2D eigenvalue weighted by atomic mass is 35.5. The molecule has 2 rings (SSSR count). The molecule has 1 aliphatic rings. The van der Waals surface area contributed by atoms with E-state index in [1.807, 2.05) is 31.2 Å². The van der Waals surface area contributed by atoms with Crippen molar-refractivity contribution < 1.29 is 4.79 Å². The van der Waals surface area contributed by atoms with Crippen LogP contribution in [0.4, 0.5) is 0 Å². The Morgan fingerprint density at radius 3 is 2.74 bits per heavy atom. The molecule has 1 atom stereocenters. The minimum Gasteiger partial charge on any atom is -0.349 e. The van der Waals surface area contributed by atoms with E-state index in [9.17, 15) is 4.79 Å². The molecule has 3 N–H and O–H groups in total. The summed E-state index contributed by atoms with van der Waals surface area (Å²) >= 11 is 5.97. The molecule has 1 saturated carbocycles. The van der Waals surface area contributed by atoms with Gasteiger partial charge in [0.15, 0.2) is 0 Å². The molecular weight excluding hydrogens is 260 g/mol. The second-order valence-electron chi connectivity index (χ2n) is 5.44. The first-order valence-electron chi connectivity index (χ1n) is 6.84. The number of halogens is 1. The van der Waals surface area contributed by atoms with Crippen LogP contribution in [-0.4, -0.2) is 12.5 Å². The van der Waals surface area contributed by atoms with Crippen molar-refractivity contribution in [3.63, 3.8) is 0 Å². The van der Waals surface area contributed by atoms with Crippen molar-refractivity contribution in [3.05, 3.63) is 34.9 Å². The molecule has 1 amide bonds. The van der Waals surface area contributed by atoms with Gasteiger partial charge in [-0.3, -0.25) is 4.79 Å². The summed E-state index contributed by atoms with van der Waals surface area (Å²) in [6.07, 6.45) is 3.99. The Balaban J connectivity index is 2.06. The summed E-state index contributed by atoms with van der Waals surface area (Å²) in [5, 5.41) is 3.77. The van der Waals surface area contributed by atoms with Gasteiger partial charge in [0.05, 0.1) is 11.5 Å². The van der Waals surface area contributed by atoms with Gasteiger partial charge in [0.25, 0.3) is 0 Å². The number of carbonyl (C=O) groups excluding carboxylic acids is 1. The molecule has 0 aromatic heterocycles. The first-order valence-corrected chi connectivity index (χ1v) is 7.22. The number of hydrogen-bond acceptors (Lipinski definition) is 2. The highest BCUT2D eigenvalue weighted by Crippen LogP contribution is 2.37. The molecule has 0 aliphatic heterocycles. The lowest BCUT2D eigenvalue weighted by Gasteiger charge is -2.28. The predicted molar refractivity (Wildman–Crippen MR) is 78.0 cm³/mol. The maximum Gasteiger partial charge on any atom is 0.227 e. The summed E-state index contributed by atoms with van der Waals surface area (Å²) < 4.78 is 0. The quantitative estimate of drug-likeness (QED) is 0.891. The molecule has 0 saturated heterocycles. The molecule has 0 radical (unpaired) electrons. The summed E-state index contributed by atoms with van der Waals surface area (Å²) in [6.45, 7) is 2.41. The third-order valence-corrected chi connectivity index (χ3v) is 4.36. The normalized spacial score (nSPS) is 19.1. The van der Waals surface area contributed by atoms with Crippen molar-refractivity contribution >= 4 is 17.5 Å². The fourth-order valence-electron chi connectivity index (χ4n) is 2.78. The van der Waals surface area contributed by atoms with E-state index >= 15 is 0 Å². The summed E-state index contributed by atoms with van der Waals surface area (Å²) in [5.74, 6) is 0.0833. The minimum absolute atomic E-state index is 0.0461. The third-order valence-electron chi connectivity index (χ3n) is 4.13. The Bertz CT molecular complexity index is 455. The largest absolute Gasteiger partial charge is 0.349 e. The topological polar surface area (TPSA) is 55.1 Å². The molecule has 1 fully saturated rings. The van der Waals surface area contributed by atoms with Gasteiger partial charge in [-0.05, 0) is 37.5 Å². The van der Waals surface area contributed by atoms with Gasteiger partial charge < -0.3 is 11.1 Å². The highest BCUT2D eigenvalue weighted by Gasteiger charge is 2.40. The maximum absolute atomic E-state index is 12.4. The second kappa shape index (κ2) is 5.93. The lowest BCUT2D eigenvalue weighted by molar-refractivity contribution is -0.131. The van der Waals surface area contributed by atoms with Crippen molar-refractivity contribution in [1.82, 2.24) is 5.32 Å². The Kier molecular flexibility index (Phi) is 4.48. The molecule has 19 heavy (non-hydrogen) atoms. The zero-order valence-corrected chi connectivity index (χ0v) is 12.0. The van der Waals surface area contributed by atoms with Crippen LogP contribution >= 0.6 is 11.6 Å².